The Labute approximate surface area is 93.5 Å². The van der Waals surface area contributed by atoms with E-state index in [-0.39, 0.29) is 22.5 Å². The number of carbonyl (C=O) groups is 1. The number of pyridine rings is 1. The van der Waals surface area contributed by atoms with Crippen LogP contribution < -0.4 is 4.74 Å². The molecule has 1 aromatic rings. The van der Waals surface area contributed by atoms with E-state index in [2.05, 4.69) is 20.9 Å². The third-order valence-electron chi connectivity index (χ3n) is 1.50. The number of nitrogens with zero attached hydrogens (tertiary/aromatic N) is 2. The molecule has 80 valence electrons. The van der Waals surface area contributed by atoms with Crippen molar-refractivity contribution in [2.75, 3.05) is 0 Å². The Bertz CT molecular complexity index is 408. The summed E-state index contributed by atoms with van der Waals surface area (Å²) in [6.45, 7) is 1.64. The second-order valence-electron chi connectivity index (χ2n) is 2.57. The molecule has 0 aliphatic carbocycles. The van der Waals surface area contributed by atoms with Gasteiger partial charge in [-0.05, 0) is 15.9 Å². The fourth-order valence-electron chi connectivity index (χ4n) is 0.770. The van der Waals surface area contributed by atoms with Crippen molar-refractivity contribution in [2.45, 2.75) is 13.3 Å². The summed E-state index contributed by atoms with van der Waals surface area (Å²) >= 11 is 3.03. The van der Waals surface area contributed by atoms with Crippen LogP contribution in [0, 0.1) is 10.1 Å². The summed E-state index contributed by atoms with van der Waals surface area (Å²) in [5.74, 6) is -0.412. The molecule has 0 amide bonds. The Balaban J connectivity index is 2.93. The molecule has 0 bridgehead atoms. The monoisotopic (exact) mass is 274 g/mol. The topological polar surface area (TPSA) is 82.3 Å². The normalized spacial score (nSPS) is 9.73. The van der Waals surface area contributed by atoms with Gasteiger partial charge in [0.25, 0.3) is 5.69 Å². The van der Waals surface area contributed by atoms with Gasteiger partial charge >= 0.3 is 5.97 Å². The summed E-state index contributed by atoms with van der Waals surface area (Å²) in [7, 11) is 0. The largest absolute Gasteiger partial charge is 0.406 e. The molecule has 1 heterocycles. The molecule has 0 radical (unpaired) electrons. The Hall–Kier alpha value is -1.50. The van der Waals surface area contributed by atoms with E-state index in [9.17, 15) is 14.9 Å². The number of aromatic nitrogens is 1. The van der Waals surface area contributed by atoms with Crippen LogP contribution in [0.5, 0.6) is 5.88 Å². The summed E-state index contributed by atoms with van der Waals surface area (Å²) in [5.41, 5.74) is -0.168. The summed E-state index contributed by atoms with van der Waals surface area (Å²) in [4.78, 5) is 24.4. The van der Waals surface area contributed by atoms with Crippen molar-refractivity contribution >= 4 is 27.6 Å². The Morgan fingerprint density at radius 3 is 2.87 bits per heavy atom. The van der Waals surface area contributed by atoms with Gasteiger partial charge in [0.2, 0.25) is 5.88 Å². The summed E-state index contributed by atoms with van der Waals surface area (Å²) in [6.07, 6.45) is 1.24. The van der Waals surface area contributed by atoms with E-state index in [0.29, 0.717) is 0 Å². The minimum atomic E-state index is -0.580. The van der Waals surface area contributed by atoms with Gasteiger partial charge < -0.3 is 4.74 Å². The molecule has 0 unspecified atom stereocenters. The molecule has 0 N–H and O–H groups in total. The van der Waals surface area contributed by atoms with Gasteiger partial charge in [0, 0.05) is 12.5 Å². The van der Waals surface area contributed by atoms with Gasteiger partial charge in [-0.15, -0.1) is 0 Å². The number of nitro groups is 1. The maximum absolute atomic E-state index is 10.9. The van der Waals surface area contributed by atoms with Crippen molar-refractivity contribution in [3.05, 3.63) is 26.9 Å². The van der Waals surface area contributed by atoms with E-state index in [0.717, 1.165) is 6.20 Å². The molecule has 6 nitrogen and oxygen atoms in total. The molecule has 0 aromatic carbocycles. The van der Waals surface area contributed by atoms with E-state index in [4.69, 9.17) is 4.74 Å². The van der Waals surface area contributed by atoms with Crippen LogP contribution >= 0.6 is 15.9 Å². The fraction of sp³-hybridized carbons (Fsp3) is 0.250. The molecule has 7 heteroatoms. The molecule has 0 saturated carbocycles. The summed E-state index contributed by atoms with van der Waals surface area (Å²) < 4.78 is 5.09. The van der Waals surface area contributed by atoms with Gasteiger partial charge in [-0.25, -0.2) is 4.98 Å². The average Bonchev–Trinajstić information content (AvgIpc) is 2.20. The van der Waals surface area contributed by atoms with Crippen molar-refractivity contribution in [2.24, 2.45) is 0 Å². The SMILES string of the molecule is CCC(=O)Oc1ncc([N+](=O)[O-])cc1Br. The van der Waals surface area contributed by atoms with E-state index in [1.807, 2.05) is 0 Å². The van der Waals surface area contributed by atoms with E-state index >= 15 is 0 Å². The van der Waals surface area contributed by atoms with Crippen LogP contribution in [-0.4, -0.2) is 15.9 Å². The van der Waals surface area contributed by atoms with Crippen molar-refractivity contribution in [1.29, 1.82) is 0 Å². The highest BCUT2D eigenvalue weighted by Crippen LogP contribution is 2.26. The van der Waals surface area contributed by atoms with Gasteiger partial charge in [-0.2, -0.15) is 0 Å². The van der Waals surface area contributed by atoms with Crippen molar-refractivity contribution in [3.8, 4) is 5.88 Å². The molecule has 0 spiro atoms. The highest BCUT2D eigenvalue weighted by Gasteiger charge is 2.13. The molecular weight excluding hydrogens is 268 g/mol. The van der Waals surface area contributed by atoms with Crippen LogP contribution in [0.4, 0.5) is 5.69 Å². The maximum atomic E-state index is 10.9. The average molecular weight is 275 g/mol. The zero-order chi connectivity index (χ0) is 11.4. The van der Waals surface area contributed by atoms with Crippen molar-refractivity contribution < 1.29 is 14.5 Å². The van der Waals surface area contributed by atoms with Crippen LogP contribution in [0.3, 0.4) is 0 Å². The molecule has 0 fully saturated rings. The fourth-order valence-corrected chi connectivity index (χ4v) is 1.19. The maximum Gasteiger partial charge on any atom is 0.312 e. The highest BCUT2D eigenvalue weighted by atomic mass is 79.9. The first kappa shape index (κ1) is 11.6. The quantitative estimate of drug-likeness (QED) is 0.479. The lowest BCUT2D eigenvalue weighted by molar-refractivity contribution is -0.385. The first-order valence-electron chi connectivity index (χ1n) is 4.05. The molecule has 0 aliphatic rings. The molecule has 0 atom stereocenters. The number of hydrogen-bond donors (Lipinski definition) is 0. The number of ether oxygens (including phenoxy) is 1. The first-order valence-corrected chi connectivity index (χ1v) is 4.84. The third-order valence-corrected chi connectivity index (χ3v) is 2.07. The molecule has 1 aromatic heterocycles. The third kappa shape index (κ3) is 2.98. The van der Waals surface area contributed by atoms with E-state index in [1.54, 1.807) is 6.92 Å². The minimum Gasteiger partial charge on any atom is -0.406 e. The zero-order valence-corrected chi connectivity index (χ0v) is 9.35. The van der Waals surface area contributed by atoms with Crippen molar-refractivity contribution in [3.63, 3.8) is 0 Å². The Morgan fingerprint density at radius 1 is 1.73 bits per heavy atom. The lowest BCUT2D eigenvalue weighted by Crippen LogP contribution is -2.07. The van der Waals surface area contributed by atoms with Crippen LogP contribution in [0.2, 0.25) is 0 Å². The predicted molar refractivity (Wildman–Crippen MR) is 54.5 cm³/mol. The van der Waals surface area contributed by atoms with Crippen molar-refractivity contribution in [1.82, 2.24) is 4.98 Å². The second kappa shape index (κ2) is 4.83. The smallest absolute Gasteiger partial charge is 0.312 e. The van der Waals surface area contributed by atoms with Gasteiger partial charge in [-0.1, -0.05) is 6.92 Å². The molecule has 15 heavy (non-hydrogen) atoms. The molecule has 0 aliphatic heterocycles. The van der Waals surface area contributed by atoms with Gasteiger partial charge in [0.05, 0.1) is 9.40 Å². The number of rotatable bonds is 3. The highest BCUT2D eigenvalue weighted by molar-refractivity contribution is 9.10. The van der Waals surface area contributed by atoms with Crippen LogP contribution in [0.1, 0.15) is 13.3 Å². The lowest BCUT2D eigenvalue weighted by atomic mass is 10.4. The lowest BCUT2D eigenvalue weighted by Gasteiger charge is -2.02. The van der Waals surface area contributed by atoms with Crippen LogP contribution in [0.15, 0.2) is 16.7 Å². The van der Waals surface area contributed by atoms with Gasteiger partial charge in [0.1, 0.15) is 6.20 Å². The van der Waals surface area contributed by atoms with Gasteiger partial charge in [0.15, 0.2) is 0 Å². The molecule has 0 saturated heterocycles. The molecule has 1 rings (SSSR count). The van der Waals surface area contributed by atoms with E-state index in [1.165, 1.54) is 6.07 Å². The van der Waals surface area contributed by atoms with E-state index < -0.39 is 10.9 Å². The number of esters is 1. The van der Waals surface area contributed by atoms with Crippen LogP contribution in [-0.2, 0) is 4.79 Å². The molecular formula is C8H7BrN2O4. The van der Waals surface area contributed by atoms with Crippen LogP contribution in [0.25, 0.3) is 0 Å². The Morgan fingerprint density at radius 2 is 2.40 bits per heavy atom. The second-order valence-corrected chi connectivity index (χ2v) is 3.42. The standard InChI is InChI=1S/C8H7BrN2O4/c1-2-7(12)15-8-6(9)3-5(4-10-8)11(13)14/h3-4H,2H2,1H3. The first-order chi connectivity index (χ1) is 7.04. The summed E-state index contributed by atoms with van der Waals surface area (Å²) in [5, 5.41) is 10.4. The Kier molecular flexibility index (Phi) is 3.73. The number of hydrogen-bond acceptors (Lipinski definition) is 5. The van der Waals surface area contributed by atoms with Gasteiger partial charge in [-0.3, -0.25) is 14.9 Å². The zero-order valence-electron chi connectivity index (χ0n) is 7.77. The minimum absolute atomic E-state index is 0.0347. The number of halogens is 1. The summed E-state index contributed by atoms with van der Waals surface area (Å²) in [6, 6.07) is 1.23. The predicted octanol–water partition coefficient (Wildman–Crippen LogP) is 2.07. The number of carbonyl (C=O) groups excluding carboxylic acids is 1.